The number of carbonyl (C=O) groups excluding carboxylic acids is 1. The largest absolute Gasteiger partial charge is 0.482 e. The average molecular weight is 383 g/mol. The predicted molar refractivity (Wildman–Crippen MR) is 106 cm³/mol. The number of carboxylic acid groups (broad SMARTS) is 1. The maximum Gasteiger partial charge on any atom is 0.341 e. The van der Waals surface area contributed by atoms with Gasteiger partial charge in [-0.15, -0.1) is 0 Å². The number of hydrogen-bond donors (Lipinski definition) is 2. The third kappa shape index (κ3) is 6.09. The Balaban J connectivity index is 1.57. The van der Waals surface area contributed by atoms with Gasteiger partial charge in [0.2, 0.25) is 0 Å². The van der Waals surface area contributed by atoms with Crippen molar-refractivity contribution in [3.63, 3.8) is 0 Å². The van der Waals surface area contributed by atoms with E-state index in [9.17, 15) is 9.59 Å². The summed E-state index contributed by atoms with van der Waals surface area (Å²) < 4.78 is 11.1. The van der Waals surface area contributed by atoms with Gasteiger partial charge in [0, 0.05) is 11.3 Å². The van der Waals surface area contributed by atoms with Gasteiger partial charge in [0.15, 0.2) is 6.61 Å². The third-order valence-corrected chi connectivity index (χ3v) is 4.68. The number of hydrogen-bond acceptors (Lipinski definition) is 4. The van der Waals surface area contributed by atoms with Crippen molar-refractivity contribution in [2.45, 2.75) is 44.8 Å². The van der Waals surface area contributed by atoms with Crippen molar-refractivity contribution in [3.8, 4) is 5.75 Å². The van der Waals surface area contributed by atoms with Gasteiger partial charge in [-0.05, 0) is 48.7 Å². The summed E-state index contributed by atoms with van der Waals surface area (Å²) in [6.45, 7) is 0.0843. The van der Waals surface area contributed by atoms with Crippen molar-refractivity contribution in [2.75, 3.05) is 11.9 Å². The summed E-state index contributed by atoms with van der Waals surface area (Å²) in [7, 11) is 0. The number of carboxylic acids is 1. The quantitative estimate of drug-likeness (QED) is 0.712. The van der Waals surface area contributed by atoms with E-state index in [1.54, 1.807) is 18.2 Å². The van der Waals surface area contributed by atoms with E-state index < -0.39 is 12.6 Å². The summed E-state index contributed by atoms with van der Waals surface area (Å²) >= 11 is 0. The molecule has 148 valence electrons. The minimum Gasteiger partial charge on any atom is -0.482 e. The highest BCUT2D eigenvalue weighted by molar-refractivity contribution is 6.04. The zero-order valence-corrected chi connectivity index (χ0v) is 15.7. The van der Waals surface area contributed by atoms with E-state index in [4.69, 9.17) is 14.6 Å². The molecule has 2 aromatic rings. The van der Waals surface area contributed by atoms with Gasteiger partial charge in [0.25, 0.3) is 5.91 Å². The molecule has 0 spiro atoms. The second-order valence-corrected chi connectivity index (χ2v) is 6.94. The number of benzene rings is 2. The Hall–Kier alpha value is -2.86. The standard InChI is InChI=1S/C22H25NO5/c24-21(25)15-28-20-11-5-7-17(13-20)22(26)23-18-8-4-6-16(12-18)14-27-19-9-2-1-3-10-19/h4-8,11-13,19H,1-3,9-10,14-15H2,(H,23,26)(H,24,25). The summed E-state index contributed by atoms with van der Waals surface area (Å²) in [5.41, 5.74) is 2.10. The molecule has 0 bridgehead atoms. The van der Waals surface area contributed by atoms with Gasteiger partial charge < -0.3 is 19.9 Å². The number of nitrogens with one attached hydrogen (secondary N) is 1. The van der Waals surface area contributed by atoms with Crippen LogP contribution in [0, 0.1) is 0 Å². The van der Waals surface area contributed by atoms with Crippen molar-refractivity contribution < 1.29 is 24.2 Å². The van der Waals surface area contributed by atoms with Crippen LogP contribution in [-0.2, 0) is 16.1 Å². The summed E-state index contributed by atoms with van der Waals surface area (Å²) in [4.78, 5) is 23.1. The van der Waals surface area contributed by atoms with Crippen LogP contribution in [0.25, 0.3) is 0 Å². The first-order chi connectivity index (χ1) is 13.6. The minimum absolute atomic E-state index is 0.286. The van der Waals surface area contributed by atoms with Gasteiger partial charge in [-0.25, -0.2) is 4.79 Å². The molecule has 0 aromatic heterocycles. The Labute approximate surface area is 164 Å². The van der Waals surface area contributed by atoms with Crippen molar-refractivity contribution in [2.24, 2.45) is 0 Å². The molecular formula is C22H25NO5. The van der Waals surface area contributed by atoms with Gasteiger partial charge in [-0.3, -0.25) is 4.79 Å². The van der Waals surface area contributed by atoms with E-state index in [2.05, 4.69) is 5.32 Å². The molecule has 0 radical (unpaired) electrons. The van der Waals surface area contributed by atoms with Crippen LogP contribution in [0.1, 0.15) is 48.0 Å². The molecule has 6 heteroatoms. The Bertz CT molecular complexity index is 814. The van der Waals surface area contributed by atoms with Crippen LogP contribution < -0.4 is 10.1 Å². The van der Waals surface area contributed by atoms with Gasteiger partial charge >= 0.3 is 5.97 Å². The average Bonchev–Trinajstić information content (AvgIpc) is 2.72. The maximum atomic E-state index is 12.5. The summed E-state index contributed by atoms with van der Waals surface area (Å²) in [6, 6.07) is 14.1. The summed E-state index contributed by atoms with van der Waals surface area (Å²) in [6.07, 6.45) is 6.34. The number of amides is 1. The van der Waals surface area contributed by atoms with E-state index in [-0.39, 0.29) is 5.91 Å². The highest BCUT2D eigenvalue weighted by Gasteiger charge is 2.14. The molecule has 1 aliphatic rings. The molecule has 0 atom stereocenters. The highest BCUT2D eigenvalue weighted by atomic mass is 16.5. The zero-order chi connectivity index (χ0) is 19.8. The zero-order valence-electron chi connectivity index (χ0n) is 15.7. The first-order valence-corrected chi connectivity index (χ1v) is 9.57. The van der Waals surface area contributed by atoms with Crippen LogP contribution in [0.5, 0.6) is 5.75 Å². The number of aliphatic carboxylic acids is 1. The monoisotopic (exact) mass is 383 g/mol. The van der Waals surface area contributed by atoms with E-state index in [0.29, 0.717) is 29.7 Å². The smallest absolute Gasteiger partial charge is 0.341 e. The molecule has 6 nitrogen and oxygen atoms in total. The fourth-order valence-electron chi connectivity index (χ4n) is 3.26. The molecule has 1 fully saturated rings. The lowest BCUT2D eigenvalue weighted by Gasteiger charge is -2.22. The molecule has 2 N–H and O–H groups in total. The van der Waals surface area contributed by atoms with Crippen molar-refractivity contribution in [1.82, 2.24) is 0 Å². The van der Waals surface area contributed by atoms with Crippen LogP contribution in [0.4, 0.5) is 5.69 Å². The first kappa shape index (κ1) is 19.9. The van der Waals surface area contributed by atoms with Crippen molar-refractivity contribution in [3.05, 3.63) is 59.7 Å². The lowest BCUT2D eigenvalue weighted by molar-refractivity contribution is -0.139. The lowest BCUT2D eigenvalue weighted by atomic mass is 9.98. The molecule has 0 saturated heterocycles. The molecule has 3 rings (SSSR count). The van der Waals surface area contributed by atoms with Crippen LogP contribution in [0.3, 0.4) is 0 Å². The van der Waals surface area contributed by atoms with Crippen LogP contribution >= 0.6 is 0 Å². The molecule has 2 aromatic carbocycles. The van der Waals surface area contributed by atoms with Crippen LogP contribution in [-0.4, -0.2) is 29.7 Å². The Morgan fingerprint density at radius 2 is 1.82 bits per heavy atom. The number of carbonyl (C=O) groups is 2. The van der Waals surface area contributed by atoms with Crippen LogP contribution in [0.2, 0.25) is 0 Å². The number of anilines is 1. The predicted octanol–water partition coefficient (Wildman–Crippen LogP) is 4.25. The fraction of sp³-hybridized carbons (Fsp3) is 0.364. The van der Waals surface area contributed by atoms with Crippen molar-refractivity contribution in [1.29, 1.82) is 0 Å². The van der Waals surface area contributed by atoms with E-state index in [1.807, 2.05) is 24.3 Å². The summed E-state index contributed by atoms with van der Waals surface area (Å²) in [5, 5.41) is 11.5. The fourth-order valence-corrected chi connectivity index (χ4v) is 3.26. The van der Waals surface area contributed by atoms with Gasteiger partial charge in [-0.2, -0.15) is 0 Å². The minimum atomic E-state index is -1.07. The number of ether oxygens (including phenoxy) is 2. The molecular weight excluding hydrogens is 358 g/mol. The molecule has 28 heavy (non-hydrogen) atoms. The molecule has 0 heterocycles. The highest BCUT2D eigenvalue weighted by Crippen LogP contribution is 2.22. The Kier molecular flexibility index (Phi) is 7.03. The normalized spacial score (nSPS) is 14.4. The maximum absolute atomic E-state index is 12.5. The molecule has 1 saturated carbocycles. The Morgan fingerprint density at radius 1 is 1.04 bits per heavy atom. The molecule has 1 amide bonds. The van der Waals surface area contributed by atoms with Gasteiger partial charge in [0.1, 0.15) is 5.75 Å². The van der Waals surface area contributed by atoms with Crippen molar-refractivity contribution >= 4 is 17.6 Å². The third-order valence-electron chi connectivity index (χ3n) is 4.68. The van der Waals surface area contributed by atoms with E-state index in [0.717, 1.165) is 18.4 Å². The topological polar surface area (TPSA) is 84.9 Å². The summed E-state index contributed by atoms with van der Waals surface area (Å²) in [5.74, 6) is -1.02. The van der Waals surface area contributed by atoms with Gasteiger partial charge in [-0.1, -0.05) is 37.5 Å². The second kappa shape index (κ2) is 9.90. The van der Waals surface area contributed by atoms with Crippen LogP contribution in [0.15, 0.2) is 48.5 Å². The molecule has 1 aliphatic carbocycles. The van der Waals surface area contributed by atoms with E-state index in [1.165, 1.54) is 25.3 Å². The van der Waals surface area contributed by atoms with E-state index >= 15 is 0 Å². The van der Waals surface area contributed by atoms with Gasteiger partial charge in [0.05, 0.1) is 12.7 Å². The second-order valence-electron chi connectivity index (χ2n) is 6.94. The SMILES string of the molecule is O=C(O)COc1cccc(C(=O)Nc2cccc(COC3CCCCC3)c2)c1. The Morgan fingerprint density at radius 3 is 2.61 bits per heavy atom. The lowest BCUT2D eigenvalue weighted by Crippen LogP contribution is -2.16. The molecule has 0 unspecified atom stereocenters. The number of rotatable bonds is 8. The first-order valence-electron chi connectivity index (χ1n) is 9.57. The molecule has 0 aliphatic heterocycles.